The van der Waals surface area contributed by atoms with E-state index in [-0.39, 0.29) is 29.3 Å². The molecule has 1 spiro atoms. The Hall–Kier alpha value is -1.36. The predicted molar refractivity (Wildman–Crippen MR) is 72.0 cm³/mol. The zero-order valence-corrected chi connectivity index (χ0v) is 11.7. The van der Waals surface area contributed by atoms with E-state index >= 15 is 0 Å². The quantitative estimate of drug-likeness (QED) is 0.863. The summed E-state index contributed by atoms with van der Waals surface area (Å²) in [5.41, 5.74) is 0.833. The maximum Gasteiger partial charge on any atom is 0.310 e. The normalized spacial score (nSPS) is 27.2. The van der Waals surface area contributed by atoms with Crippen LogP contribution < -0.4 is 5.32 Å². The summed E-state index contributed by atoms with van der Waals surface area (Å²) >= 11 is 1.50. The Bertz CT molecular complexity index is 493. The first-order chi connectivity index (χ1) is 9.16. The molecule has 0 radical (unpaired) electrons. The molecular weight excluding hydrogens is 262 g/mol. The Labute approximate surface area is 116 Å². The Kier molecular flexibility index (Phi) is 3.09. The second kappa shape index (κ2) is 4.63. The summed E-state index contributed by atoms with van der Waals surface area (Å²) in [5, 5.41) is 6.75. The van der Waals surface area contributed by atoms with Gasteiger partial charge in [-0.25, -0.2) is 0 Å². The molecule has 1 aromatic rings. The number of amides is 1. The van der Waals surface area contributed by atoms with Crippen molar-refractivity contribution in [2.75, 3.05) is 7.11 Å². The minimum Gasteiger partial charge on any atom is -0.469 e. The summed E-state index contributed by atoms with van der Waals surface area (Å²) < 4.78 is 4.83. The van der Waals surface area contributed by atoms with Gasteiger partial charge in [-0.05, 0) is 36.1 Å². The van der Waals surface area contributed by atoms with E-state index in [2.05, 4.69) is 5.32 Å². The van der Waals surface area contributed by atoms with Crippen molar-refractivity contribution in [3.05, 3.63) is 22.4 Å². The number of esters is 1. The lowest BCUT2D eigenvalue weighted by Gasteiger charge is -2.59. The molecule has 0 bridgehead atoms. The first-order valence-corrected chi connectivity index (χ1v) is 7.51. The fraction of sp³-hybridized carbons (Fsp3) is 0.571. The zero-order valence-electron chi connectivity index (χ0n) is 10.8. The van der Waals surface area contributed by atoms with Crippen molar-refractivity contribution in [1.82, 2.24) is 5.32 Å². The van der Waals surface area contributed by atoms with Crippen molar-refractivity contribution >= 4 is 23.2 Å². The van der Waals surface area contributed by atoms with Gasteiger partial charge in [-0.15, -0.1) is 0 Å². The van der Waals surface area contributed by atoms with Crippen LogP contribution >= 0.6 is 11.3 Å². The summed E-state index contributed by atoms with van der Waals surface area (Å²) in [6, 6.07) is 1.75. The van der Waals surface area contributed by atoms with Crippen molar-refractivity contribution in [3.8, 4) is 0 Å². The van der Waals surface area contributed by atoms with Gasteiger partial charge in [0.05, 0.1) is 13.0 Å². The molecular formula is C14H17NO3S. The number of hydrogen-bond donors (Lipinski definition) is 1. The standard InChI is InChI=1S/C14H17NO3S/c1-18-13(17)10-7-14(4-2-5-14)11(10)15-12(16)9-3-6-19-8-9/h3,6,8,10-11H,2,4-5,7H2,1H3,(H,15,16). The van der Waals surface area contributed by atoms with Crippen LogP contribution in [0.2, 0.25) is 0 Å². The second-order valence-corrected chi connectivity index (χ2v) is 6.29. The van der Waals surface area contributed by atoms with Gasteiger partial charge in [0.25, 0.3) is 5.91 Å². The maximum absolute atomic E-state index is 12.1. The molecule has 4 nitrogen and oxygen atoms in total. The average molecular weight is 279 g/mol. The highest BCUT2D eigenvalue weighted by Crippen LogP contribution is 2.59. The largest absolute Gasteiger partial charge is 0.469 e. The Balaban J connectivity index is 1.72. The molecule has 5 heteroatoms. The summed E-state index contributed by atoms with van der Waals surface area (Å²) in [6.07, 6.45) is 4.26. The summed E-state index contributed by atoms with van der Waals surface area (Å²) in [4.78, 5) is 23.9. The number of carbonyl (C=O) groups is 2. The van der Waals surface area contributed by atoms with E-state index in [0.717, 1.165) is 19.3 Å². The molecule has 0 saturated heterocycles. The molecule has 2 saturated carbocycles. The number of hydrogen-bond acceptors (Lipinski definition) is 4. The minimum absolute atomic E-state index is 0.0545. The monoisotopic (exact) mass is 279 g/mol. The van der Waals surface area contributed by atoms with Crippen molar-refractivity contribution in [1.29, 1.82) is 0 Å². The molecule has 2 aliphatic carbocycles. The summed E-state index contributed by atoms with van der Waals surface area (Å²) in [5.74, 6) is -0.452. The second-order valence-electron chi connectivity index (χ2n) is 5.51. The first-order valence-electron chi connectivity index (χ1n) is 6.57. The van der Waals surface area contributed by atoms with Gasteiger partial charge >= 0.3 is 5.97 Å². The molecule has 1 amide bonds. The zero-order chi connectivity index (χ0) is 13.5. The summed E-state index contributed by atoms with van der Waals surface area (Å²) in [6.45, 7) is 0. The fourth-order valence-corrected chi connectivity index (χ4v) is 3.97. The van der Waals surface area contributed by atoms with Crippen LogP contribution in [-0.4, -0.2) is 25.0 Å². The number of thiophene rings is 1. The Morgan fingerprint density at radius 3 is 2.79 bits per heavy atom. The number of carbonyl (C=O) groups excluding carboxylic acids is 2. The number of methoxy groups -OCH3 is 1. The molecule has 2 unspecified atom stereocenters. The van der Waals surface area contributed by atoms with Crippen LogP contribution in [0.5, 0.6) is 0 Å². The van der Waals surface area contributed by atoms with Gasteiger partial charge in [0.2, 0.25) is 0 Å². The van der Waals surface area contributed by atoms with E-state index in [1.165, 1.54) is 24.9 Å². The smallest absolute Gasteiger partial charge is 0.310 e. The third kappa shape index (κ3) is 1.96. The molecule has 1 aromatic heterocycles. The van der Waals surface area contributed by atoms with Crippen molar-refractivity contribution in [3.63, 3.8) is 0 Å². The van der Waals surface area contributed by atoms with Gasteiger partial charge in [0.15, 0.2) is 0 Å². The lowest BCUT2D eigenvalue weighted by atomic mass is 9.48. The van der Waals surface area contributed by atoms with Crippen LogP contribution in [0.3, 0.4) is 0 Å². The third-order valence-electron chi connectivity index (χ3n) is 4.61. The molecule has 1 heterocycles. The van der Waals surface area contributed by atoms with Gasteiger partial charge < -0.3 is 10.1 Å². The molecule has 0 aromatic carbocycles. The SMILES string of the molecule is COC(=O)C1CC2(CCC2)C1NC(=O)c1ccsc1. The predicted octanol–water partition coefficient (Wildman–Crippen LogP) is 2.21. The highest BCUT2D eigenvalue weighted by atomic mass is 32.1. The lowest BCUT2D eigenvalue weighted by Crippen LogP contribution is -2.66. The van der Waals surface area contributed by atoms with Gasteiger partial charge in [-0.1, -0.05) is 6.42 Å². The molecule has 102 valence electrons. The van der Waals surface area contributed by atoms with E-state index in [1.54, 1.807) is 6.07 Å². The molecule has 0 aliphatic heterocycles. The van der Waals surface area contributed by atoms with Crippen molar-refractivity contribution < 1.29 is 14.3 Å². The van der Waals surface area contributed by atoms with Crippen LogP contribution in [0.4, 0.5) is 0 Å². The van der Waals surface area contributed by atoms with Gasteiger partial charge in [0.1, 0.15) is 0 Å². The van der Waals surface area contributed by atoms with Crippen LogP contribution in [0.1, 0.15) is 36.0 Å². The number of ether oxygens (including phenoxy) is 1. The van der Waals surface area contributed by atoms with E-state index < -0.39 is 0 Å². The number of rotatable bonds is 3. The average Bonchev–Trinajstić information content (AvgIpc) is 2.86. The minimum atomic E-state index is -0.201. The van der Waals surface area contributed by atoms with Gasteiger partial charge in [-0.3, -0.25) is 9.59 Å². The Morgan fingerprint density at radius 1 is 1.47 bits per heavy atom. The number of nitrogens with one attached hydrogen (secondary N) is 1. The highest BCUT2D eigenvalue weighted by molar-refractivity contribution is 7.08. The molecule has 2 atom stereocenters. The molecule has 3 rings (SSSR count). The van der Waals surface area contributed by atoms with Crippen LogP contribution in [0.15, 0.2) is 16.8 Å². The first kappa shape index (κ1) is 12.7. The van der Waals surface area contributed by atoms with Crippen LogP contribution in [0, 0.1) is 11.3 Å². The molecule has 1 N–H and O–H groups in total. The topological polar surface area (TPSA) is 55.4 Å². The summed E-state index contributed by atoms with van der Waals surface area (Å²) in [7, 11) is 1.41. The Morgan fingerprint density at radius 2 is 2.26 bits per heavy atom. The molecule has 19 heavy (non-hydrogen) atoms. The maximum atomic E-state index is 12.1. The van der Waals surface area contributed by atoms with E-state index in [0.29, 0.717) is 5.56 Å². The lowest BCUT2D eigenvalue weighted by molar-refractivity contribution is -0.163. The van der Waals surface area contributed by atoms with E-state index in [1.807, 2.05) is 10.8 Å². The molecule has 2 fully saturated rings. The van der Waals surface area contributed by atoms with Crippen LogP contribution in [0.25, 0.3) is 0 Å². The van der Waals surface area contributed by atoms with E-state index in [9.17, 15) is 9.59 Å². The molecule has 2 aliphatic rings. The third-order valence-corrected chi connectivity index (χ3v) is 5.30. The highest BCUT2D eigenvalue weighted by Gasteiger charge is 2.60. The van der Waals surface area contributed by atoms with Gasteiger partial charge in [0, 0.05) is 17.0 Å². The van der Waals surface area contributed by atoms with Crippen molar-refractivity contribution in [2.24, 2.45) is 11.3 Å². The van der Waals surface area contributed by atoms with Gasteiger partial charge in [-0.2, -0.15) is 11.3 Å². The van der Waals surface area contributed by atoms with Crippen LogP contribution in [-0.2, 0) is 9.53 Å². The van der Waals surface area contributed by atoms with E-state index in [4.69, 9.17) is 4.74 Å². The fourth-order valence-electron chi connectivity index (χ4n) is 3.34. The van der Waals surface area contributed by atoms with Crippen molar-refractivity contribution in [2.45, 2.75) is 31.7 Å².